The average molecular weight is 374 g/mol. The Morgan fingerprint density at radius 3 is 2.48 bits per heavy atom. The number of nitro benzene ring substituents is 1. The largest absolute Gasteiger partial charge is 0.339 e. The third-order valence-electron chi connectivity index (χ3n) is 5.47. The highest BCUT2D eigenvalue weighted by Gasteiger charge is 2.29. The molecule has 0 N–H and O–H groups in total. The number of nitrogens with zero attached hydrogens (tertiary/aromatic N) is 4. The first-order chi connectivity index (χ1) is 13.0. The van der Waals surface area contributed by atoms with Gasteiger partial charge in [-0.05, 0) is 32.3 Å². The molecule has 146 valence electrons. The van der Waals surface area contributed by atoms with E-state index in [-0.39, 0.29) is 23.1 Å². The monoisotopic (exact) mass is 374 g/mol. The lowest BCUT2D eigenvalue weighted by Crippen LogP contribution is -2.53. The van der Waals surface area contributed by atoms with Crippen LogP contribution >= 0.6 is 0 Å². The van der Waals surface area contributed by atoms with Gasteiger partial charge in [-0.1, -0.05) is 12.1 Å². The second kappa shape index (κ2) is 8.47. The maximum atomic E-state index is 12.7. The molecule has 27 heavy (non-hydrogen) atoms. The zero-order valence-electron chi connectivity index (χ0n) is 15.7. The van der Waals surface area contributed by atoms with Crippen molar-refractivity contribution in [2.24, 2.45) is 0 Å². The Morgan fingerprint density at radius 2 is 1.81 bits per heavy atom. The fraction of sp³-hybridized carbons (Fsp3) is 0.579. The number of hydrogen-bond donors (Lipinski definition) is 0. The molecular formula is C19H26N4O4. The van der Waals surface area contributed by atoms with E-state index in [9.17, 15) is 19.7 Å². The summed E-state index contributed by atoms with van der Waals surface area (Å²) >= 11 is 0. The highest BCUT2D eigenvalue weighted by atomic mass is 16.6. The van der Waals surface area contributed by atoms with Crippen LogP contribution in [0.1, 0.15) is 36.5 Å². The summed E-state index contributed by atoms with van der Waals surface area (Å²) in [6.07, 6.45) is 3.30. The van der Waals surface area contributed by atoms with Gasteiger partial charge in [-0.3, -0.25) is 24.6 Å². The molecule has 0 aliphatic carbocycles. The third kappa shape index (κ3) is 4.44. The Morgan fingerprint density at radius 1 is 1.11 bits per heavy atom. The summed E-state index contributed by atoms with van der Waals surface area (Å²) in [5, 5.41) is 11.1. The minimum absolute atomic E-state index is 0.120. The fourth-order valence-electron chi connectivity index (χ4n) is 3.84. The predicted octanol–water partition coefficient (Wildman–Crippen LogP) is 1.75. The number of amides is 2. The molecule has 0 saturated carbocycles. The van der Waals surface area contributed by atoms with Crippen molar-refractivity contribution < 1.29 is 14.5 Å². The van der Waals surface area contributed by atoms with Gasteiger partial charge in [0.25, 0.3) is 11.6 Å². The van der Waals surface area contributed by atoms with Crippen LogP contribution in [0.4, 0.5) is 5.69 Å². The maximum absolute atomic E-state index is 12.7. The van der Waals surface area contributed by atoms with Gasteiger partial charge in [-0.15, -0.1) is 0 Å². The first kappa shape index (κ1) is 19.3. The van der Waals surface area contributed by atoms with Gasteiger partial charge in [0.1, 0.15) is 5.56 Å². The summed E-state index contributed by atoms with van der Waals surface area (Å²) < 4.78 is 0. The van der Waals surface area contributed by atoms with Crippen molar-refractivity contribution in [1.82, 2.24) is 14.7 Å². The van der Waals surface area contributed by atoms with E-state index >= 15 is 0 Å². The van der Waals surface area contributed by atoms with Crippen molar-refractivity contribution in [3.05, 3.63) is 39.9 Å². The molecule has 0 radical (unpaired) electrons. The van der Waals surface area contributed by atoms with Crippen molar-refractivity contribution in [1.29, 1.82) is 0 Å². The summed E-state index contributed by atoms with van der Waals surface area (Å²) in [5.74, 6) is -0.168. The van der Waals surface area contributed by atoms with Crippen LogP contribution in [0.25, 0.3) is 0 Å². The molecular weight excluding hydrogens is 348 g/mol. The van der Waals surface area contributed by atoms with Crippen molar-refractivity contribution >= 4 is 17.5 Å². The van der Waals surface area contributed by atoms with E-state index in [1.807, 2.05) is 4.90 Å². The standard InChI is InChI=1S/C19H26N4O4/c1-15-6-4-5-9-22(15)18(24)14-20-10-12-21(13-11-20)19(25)16-7-2-3-8-17(16)23(26)27/h2-3,7-8,15H,4-6,9-14H2,1H3. The third-order valence-corrected chi connectivity index (χ3v) is 5.47. The minimum atomic E-state index is -0.526. The zero-order valence-corrected chi connectivity index (χ0v) is 15.7. The molecule has 8 nitrogen and oxygen atoms in total. The lowest BCUT2D eigenvalue weighted by atomic mass is 10.0. The molecule has 3 rings (SSSR count). The number of rotatable bonds is 4. The van der Waals surface area contributed by atoms with Gasteiger partial charge in [0.2, 0.25) is 5.91 Å². The molecule has 1 aromatic carbocycles. The molecule has 0 aromatic heterocycles. The van der Waals surface area contributed by atoms with Gasteiger partial charge >= 0.3 is 0 Å². The Bertz CT molecular complexity index is 715. The maximum Gasteiger partial charge on any atom is 0.282 e. The molecule has 2 amide bonds. The molecule has 1 atom stereocenters. The van der Waals surface area contributed by atoms with E-state index in [2.05, 4.69) is 11.8 Å². The SMILES string of the molecule is CC1CCCCN1C(=O)CN1CCN(C(=O)c2ccccc2[N+](=O)[O-])CC1. The first-order valence-electron chi connectivity index (χ1n) is 9.52. The van der Waals surface area contributed by atoms with Crippen LogP contribution < -0.4 is 0 Å². The normalized spacial score (nSPS) is 21.1. The number of benzene rings is 1. The molecule has 0 bridgehead atoms. The Labute approximate surface area is 158 Å². The van der Waals surface area contributed by atoms with E-state index in [4.69, 9.17) is 0 Å². The minimum Gasteiger partial charge on any atom is -0.339 e. The van der Waals surface area contributed by atoms with E-state index in [0.29, 0.717) is 38.8 Å². The van der Waals surface area contributed by atoms with Crippen molar-refractivity contribution in [2.45, 2.75) is 32.2 Å². The zero-order chi connectivity index (χ0) is 19.4. The van der Waals surface area contributed by atoms with Crippen LogP contribution in [0, 0.1) is 10.1 Å². The molecule has 8 heteroatoms. The van der Waals surface area contributed by atoms with E-state index in [0.717, 1.165) is 19.4 Å². The van der Waals surface area contributed by atoms with Gasteiger partial charge in [0.05, 0.1) is 11.5 Å². The summed E-state index contributed by atoms with van der Waals surface area (Å²) in [6, 6.07) is 6.33. The van der Waals surface area contributed by atoms with Crippen LogP contribution in [0.2, 0.25) is 0 Å². The van der Waals surface area contributed by atoms with Crippen molar-refractivity contribution in [2.75, 3.05) is 39.3 Å². The molecule has 1 aromatic rings. The van der Waals surface area contributed by atoms with Gasteiger partial charge in [0.15, 0.2) is 0 Å². The van der Waals surface area contributed by atoms with Crippen LogP contribution in [-0.4, -0.2) is 76.7 Å². The molecule has 2 fully saturated rings. The number of piperidine rings is 1. The second-order valence-corrected chi connectivity index (χ2v) is 7.27. The van der Waals surface area contributed by atoms with Crippen LogP contribution in [0.15, 0.2) is 24.3 Å². The number of carbonyl (C=O) groups excluding carboxylic acids is 2. The molecule has 0 spiro atoms. The van der Waals surface area contributed by atoms with Crippen molar-refractivity contribution in [3.8, 4) is 0 Å². The lowest BCUT2D eigenvalue weighted by Gasteiger charge is -2.38. The highest BCUT2D eigenvalue weighted by molar-refractivity contribution is 5.98. The average Bonchev–Trinajstić information content (AvgIpc) is 2.68. The number of hydrogen-bond acceptors (Lipinski definition) is 5. The van der Waals surface area contributed by atoms with Gasteiger partial charge in [-0.2, -0.15) is 0 Å². The fourth-order valence-corrected chi connectivity index (χ4v) is 3.84. The summed E-state index contributed by atoms with van der Waals surface area (Å²) in [6.45, 7) is 5.43. The second-order valence-electron chi connectivity index (χ2n) is 7.27. The first-order valence-corrected chi connectivity index (χ1v) is 9.52. The number of likely N-dealkylation sites (tertiary alicyclic amines) is 1. The van der Waals surface area contributed by atoms with Gasteiger partial charge in [0, 0.05) is 44.8 Å². The number of carbonyl (C=O) groups is 2. The quantitative estimate of drug-likeness (QED) is 0.592. The summed E-state index contributed by atoms with van der Waals surface area (Å²) in [4.78, 5) is 41.5. The Hall–Kier alpha value is -2.48. The van der Waals surface area contributed by atoms with Crippen LogP contribution in [-0.2, 0) is 4.79 Å². The topological polar surface area (TPSA) is 87.0 Å². The highest BCUT2D eigenvalue weighted by Crippen LogP contribution is 2.21. The number of piperazine rings is 1. The van der Waals surface area contributed by atoms with Gasteiger partial charge < -0.3 is 9.80 Å². The summed E-state index contributed by atoms with van der Waals surface area (Å²) in [7, 11) is 0. The molecule has 2 heterocycles. The van der Waals surface area contributed by atoms with E-state index in [1.54, 1.807) is 17.0 Å². The molecule has 2 aliphatic heterocycles. The smallest absolute Gasteiger partial charge is 0.282 e. The lowest BCUT2D eigenvalue weighted by molar-refractivity contribution is -0.385. The Balaban J connectivity index is 1.55. The van der Waals surface area contributed by atoms with Gasteiger partial charge in [-0.25, -0.2) is 0 Å². The Kier molecular flexibility index (Phi) is 6.05. The number of nitro groups is 1. The molecule has 2 saturated heterocycles. The van der Waals surface area contributed by atoms with Crippen LogP contribution in [0.5, 0.6) is 0 Å². The number of para-hydroxylation sites is 1. The van der Waals surface area contributed by atoms with E-state index in [1.165, 1.54) is 18.6 Å². The summed E-state index contributed by atoms with van der Waals surface area (Å²) in [5.41, 5.74) is -0.0478. The van der Waals surface area contributed by atoms with Crippen LogP contribution in [0.3, 0.4) is 0 Å². The van der Waals surface area contributed by atoms with E-state index < -0.39 is 4.92 Å². The molecule has 1 unspecified atom stereocenters. The van der Waals surface area contributed by atoms with Crippen molar-refractivity contribution in [3.63, 3.8) is 0 Å². The predicted molar refractivity (Wildman–Crippen MR) is 100 cm³/mol. The molecule has 2 aliphatic rings.